The molecule has 2 heteroatoms. The third kappa shape index (κ3) is 5.26. The summed E-state index contributed by atoms with van der Waals surface area (Å²) >= 11 is 0. The molecule has 1 saturated heterocycles. The van der Waals surface area contributed by atoms with Crippen molar-refractivity contribution < 1.29 is 0 Å². The van der Waals surface area contributed by atoms with Crippen LogP contribution >= 0.6 is 0 Å². The highest BCUT2D eigenvalue weighted by molar-refractivity contribution is 5.77. The molecule has 0 aromatic heterocycles. The highest BCUT2D eigenvalue weighted by Gasteiger charge is 2.12. The topological polar surface area (TPSA) is 15.6 Å². The maximum atomic E-state index is 3.99. The number of hydrogen-bond donors (Lipinski definition) is 0. The SMILES string of the molecule is CN=C/C(C)=C\C/C=C/C1CCN(C)CC1. The first-order valence-corrected chi connectivity index (χ1v) is 6.16. The maximum Gasteiger partial charge on any atom is 0.0277 e. The quantitative estimate of drug-likeness (QED) is 0.525. The Morgan fingerprint density at radius 2 is 2.06 bits per heavy atom. The number of aliphatic imine (C=N–C) groups is 1. The summed E-state index contributed by atoms with van der Waals surface area (Å²) in [7, 11) is 4.02. The van der Waals surface area contributed by atoms with Gasteiger partial charge < -0.3 is 4.90 Å². The molecule has 1 heterocycles. The van der Waals surface area contributed by atoms with E-state index in [1.165, 1.54) is 31.5 Å². The van der Waals surface area contributed by atoms with Crippen LogP contribution in [0.25, 0.3) is 0 Å². The summed E-state index contributed by atoms with van der Waals surface area (Å²) in [6, 6.07) is 0. The average molecular weight is 220 g/mol. The summed E-state index contributed by atoms with van der Waals surface area (Å²) < 4.78 is 0. The number of likely N-dealkylation sites (tertiary alicyclic amines) is 1. The number of hydrogen-bond acceptors (Lipinski definition) is 2. The van der Waals surface area contributed by atoms with Crippen molar-refractivity contribution in [2.45, 2.75) is 26.2 Å². The molecule has 0 aromatic carbocycles. The minimum atomic E-state index is 0.796. The lowest BCUT2D eigenvalue weighted by Crippen LogP contribution is -2.29. The highest BCUT2D eigenvalue weighted by atomic mass is 15.1. The predicted octanol–water partition coefficient (Wildman–Crippen LogP) is 2.92. The van der Waals surface area contributed by atoms with Gasteiger partial charge in [0.05, 0.1) is 0 Å². The van der Waals surface area contributed by atoms with Crippen LogP contribution in [-0.2, 0) is 0 Å². The first kappa shape index (κ1) is 13.2. The van der Waals surface area contributed by atoms with Gasteiger partial charge in [-0.3, -0.25) is 4.99 Å². The Labute approximate surface area is 99.8 Å². The van der Waals surface area contributed by atoms with Crippen LogP contribution in [-0.4, -0.2) is 38.3 Å². The Bertz CT molecular complexity index is 268. The monoisotopic (exact) mass is 220 g/mol. The maximum absolute atomic E-state index is 3.99. The van der Waals surface area contributed by atoms with Crippen LogP contribution in [0.1, 0.15) is 26.2 Å². The fourth-order valence-electron chi connectivity index (χ4n) is 2.00. The fraction of sp³-hybridized carbons (Fsp3) is 0.643. The molecule has 1 aliphatic rings. The van der Waals surface area contributed by atoms with Gasteiger partial charge in [0, 0.05) is 13.3 Å². The molecule has 0 aliphatic carbocycles. The van der Waals surface area contributed by atoms with Crippen LogP contribution in [0.5, 0.6) is 0 Å². The molecule has 2 nitrogen and oxygen atoms in total. The standard InChI is InChI=1S/C14H24N2/c1-13(12-15-2)6-4-5-7-14-8-10-16(3)11-9-14/h5-7,12,14H,4,8-11H2,1-3H3/b7-5+,13-6-,15-12?. The highest BCUT2D eigenvalue weighted by Crippen LogP contribution is 2.17. The Balaban J connectivity index is 2.24. The predicted molar refractivity (Wildman–Crippen MR) is 72.2 cm³/mol. The number of rotatable bonds is 4. The third-order valence-corrected chi connectivity index (χ3v) is 3.08. The van der Waals surface area contributed by atoms with Crippen molar-refractivity contribution in [3.63, 3.8) is 0 Å². The lowest BCUT2D eigenvalue weighted by atomic mass is 9.96. The second-order valence-electron chi connectivity index (χ2n) is 4.64. The van der Waals surface area contributed by atoms with Gasteiger partial charge in [-0.15, -0.1) is 0 Å². The third-order valence-electron chi connectivity index (χ3n) is 3.08. The number of nitrogens with zero attached hydrogens (tertiary/aromatic N) is 2. The molecule has 0 aromatic rings. The number of piperidine rings is 1. The van der Waals surface area contributed by atoms with Gasteiger partial charge >= 0.3 is 0 Å². The molecule has 1 rings (SSSR count). The van der Waals surface area contributed by atoms with E-state index in [1.54, 1.807) is 0 Å². The van der Waals surface area contributed by atoms with E-state index < -0.39 is 0 Å². The molecule has 0 amide bonds. The zero-order valence-electron chi connectivity index (χ0n) is 10.8. The van der Waals surface area contributed by atoms with Crippen LogP contribution in [0, 0.1) is 5.92 Å². The van der Waals surface area contributed by atoms with Crippen molar-refractivity contribution in [2.24, 2.45) is 10.9 Å². The molecule has 0 N–H and O–H groups in total. The Hall–Kier alpha value is -0.890. The van der Waals surface area contributed by atoms with Crippen LogP contribution in [0.4, 0.5) is 0 Å². The van der Waals surface area contributed by atoms with Crippen molar-refractivity contribution in [3.05, 3.63) is 23.8 Å². The van der Waals surface area contributed by atoms with Gasteiger partial charge in [0.2, 0.25) is 0 Å². The minimum Gasteiger partial charge on any atom is -0.306 e. The molecular weight excluding hydrogens is 196 g/mol. The number of allylic oxidation sites excluding steroid dienone is 4. The van der Waals surface area contributed by atoms with E-state index in [-0.39, 0.29) is 0 Å². The molecule has 0 atom stereocenters. The Morgan fingerprint density at radius 1 is 1.38 bits per heavy atom. The van der Waals surface area contributed by atoms with E-state index in [0.717, 1.165) is 12.3 Å². The molecule has 0 radical (unpaired) electrons. The molecule has 0 saturated carbocycles. The normalized spacial score (nSPS) is 21.3. The molecular formula is C14H24N2. The summed E-state index contributed by atoms with van der Waals surface area (Å²) in [4.78, 5) is 6.40. The Kier molecular flexibility index (Phi) is 6.09. The van der Waals surface area contributed by atoms with Gasteiger partial charge in [-0.25, -0.2) is 0 Å². The first-order chi connectivity index (χ1) is 7.72. The van der Waals surface area contributed by atoms with Crippen molar-refractivity contribution >= 4 is 6.21 Å². The van der Waals surface area contributed by atoms with E-state index in [2.05, 4.69) is 42.1 Å². The molecule has 0 unspecified atom stereocenters. The van der Waals surface area contributed by atoms with E-state index in [9.17, 15) is 0 Å². The van der Waals surface area contributed by atoms with Crippen LogP contribution < -0.4 is 0 Å². The van der Waals surface area contributed by atoms with Crippen molar-refractivity contribution in [3.8, 4) is 0 Å². The molecule has 0 bridgehead atoms. The fourth-order valence-corrected chi connectivity index (χ4v) is 2.00. The summed E-state index contributed by atoms with van der Waals surface area (Å²) in [6.07, 6.45) is 12.5. The molecule has 16 heavy (non-hydrogen) atoms. The molecule has 90 valence electrons. The van der Waals surface area contributed by atoms with Gasteiger partial charge in [-0.2, -0.15) is 0 Å². The molecule has 1 aliphatic heterocycles. The summed E-state index contributed by atoms with van der Waals surface area (Å²) in [5.41, 5.74) is 1.25. The second kappa shape index (κ2) is 7.39. The Morgan fingerprint density at radius 3 is 2.69 bits per heavy atom. The van der Waals surface area contributed by atoms with E-state index in [4.69, 9.17) is 0 Å². The van der Waals surface area contributed by atoms with Crippen molar-refractivity contribution in [1.82, 2.24) is 4.90 Å². The zero-order chi connectivity index (χ0) is 11.8. The molecule has 1 fully saturated rings. The van der Waals surface area contributed by atoms with E-state index in [0.29, 0.717) is 0 Å². The lowest BCUT2D eigenvalue weighted by molar-refractivity contribution is 0.244. The summed E-state index contributed by atoms with van der Waals surface area (Å²) in [6.45, 7) is 4.58. The average Bonchev–Trinajstić information content (AvgIpc) is 2.27. The second-order valence-corrected chi connectivity index (χ2v) is 4.64. The van der Waals surface area contributed by atoms with Crippen molar-refractivity contribution in [1.29, 1.82) is 0 Å². The van der Waals surface area contributed by atoms with Crippen molar-refractivity contribution in [2.75, 3.05) is 27.2 Å². The van der Waals surface area contributed by atoms with Gasteiger partial charge in [-0.1, -0.05) is 18.2 Å². The summed E-state index contributed by atoms with van der Waals surface area (Å²) in [5.74, 6) is 0.796. The van der Waals surface area contributed by atoms with Gasteiger partial charge in [0.1, 0.15) is 0 Å². The summed E-state index contributed by atoms with van der Waals surface area (Å²) in [5, 5.41) is 0. The van der Waals surface area contributed by atoms with Gasteiger partial charge in [0.25, 0.3) is 0 Å². The first-order valence-electron chi connectivity index (χ1n) is 6.16. The van der Waals surface area contributed by atoms with E-state index in [1.807, 2.05) is 13.3 Å². The largest absolute Gasteiger partial charge is 0.306 e. The van der Waals surface area contributed by atoms with Crippen LogP contribution in [0.15, 0.2) is 28.8 Å². The smallest absolute Gasteiger partial charge is 0.0277 e. The van der Waals surface area contributed by atoms with Gasteiger partial charge in [-0.05, 0) is 57.8 Å². The van der Waals surface area contributed by atoms with Crippen LogP contribution in [0.3, 0.4) is 0 Å². The van der Waals surface area contributed by atoms with E-state index >= 15 is 0 Å². The minimum absolute atomic E-state index is 0.796. The van der Waals surface area contributed by atoms with Crippen LogP contribution in [0.2, 0.25) is 0 Å². The molecule has 0 spiro atoms. The zero-order valence-corrected chi connectivity index (χ0v) is 10.8. The lowest BCUT2D eigenvalue weighted by Gasteiger charge is -2.26. The van der Waals surface area contributed by atoms with Gasteiger partial charge in [0.15, 0.2) is 0 Å².